The van der Waals surface area contributed by atoms with Gasteiger partial charge in [0.25, 0.3) is 1.43 Å². The second-order valence-electron chi connectivity index (χ2n) is 2.94. The van der Waals surface area contributed by atoms with Gasteiger partial charge in [-0.2, -0.15) is 13.2 Å². The molecule has 0 radical (unpaired) electrons. The molecule has 1 aromatic rings. The third-order valence-electron chi connectivity index (χ3n) is 1.66. The van der Waals surface area contributed by atoms with Crippen molar-refractivity contribution in [2.24, 2.45) is 0 Å². The van der Waals surface area contributed by atoms with E-state index in [-0.39, 0.29) is 5.69 Å². The van der Waals surface area contributed by atoms with E-state index >= 15 is 0 Å². The van der Waals surface area contributed by atoms with E-state index in [4.69, 9.17) is 21.0 Å². The predicted octanol–water partition coefficient (Wildman–Crippen LogP) is 1.90. The van der Waals surface area contributed by atoms with Crippen LogP contribution in [0.2, 0.25) is 1.43 Å². The summed E-state index contributed by atoms with van der Waals surface area (Å²) in [4.78, 5) is 0. The molecule has 10 heteroatoms. The van der Waals surface area contributed by atoms with Gasteiger partial charge in [0, 0.05) is 25.5 Å². The molecule has 0 aliphatic carbocycles. The van der Waals surface area contributed by atoms with Gasteiger partial charge >= 0.3 is 5.51 Å². The Morgan fingerprint density at radius 1 is 1.47 bits per heavy atom. The summed E-state index contributed by atoms with van der Waals surface area (Å²) in [6.45, 7) is 1.59. The molecular formula is C9H10F3NO5S. The maximum Gasteiger partial charge on any atom is 0.485 e. The largest absolute Gasteiger partial charge is 0.741 e. The molecule has 0 saturated carbocycles. The lowest BCUT2D eigenvalue weighted by Gasteiger charge is -2.08. The molecule has 19 heavy (non-hydrogen) atoms. The second-order valence-corrected chi connectivity index (χ2v) is 4.31. The molecule has 0 heterocycles. The van der Waals surface area contributed by atoms with Crippen LogP contribution < -0.4 is 5.23 Å². The lowest BCUT2D eigenvalue weighted by atomic mass is 10.1. The average Bonchev–Trinajstić information content (AvgIpc) is 2.36. The van der Waals surface area contributed by atoms with Crippen LogP contribution in [0.3, 0.4) is 0 Å². The Labute approximate surface area is 110 Å². The number of para-hydroxylation sites is 1. The minimum atomic E-state index is -6.09. The van der Waals surface area contributed by atoms with E-state index in [0.717, 1.165) is 0 Å². The first kappa shape index (κ1) is 13.9. The van der Waals surface area contributed by atoms with Gasteiger partial charge in [-0.05, 0) is 12.1 Å². The number of anilines is 1. The molecular weight excluding hydrogens is 291 g/mol. The zero-order valence-electron chi connectivity index (χ0n) is 11.4. The van der Waals surface area contributed by atoms with Crippen LogP contribution in [0.4, 0.5) is 18.9 Å². The quantitative estimate of drug-likeness (QED) is 0.383. The molecule has 0 atom stereocenters. The topological polar surface area (TPSA) is 101 Å². The normalized spacial score (nSPS) is 12.7. The third-order valence-corrected chi connectivity index (χ3v) is 2.23. The van der Waals surface area contributed by atoms with Crippen molar-refractivity contribution >= 4 is 15.8 Å². The minimum absolute atomic E-state index is 0.282. The van der Waals surface area contributed by atoms with Crippen LogP contribution in [-0.4, -0.2) is 28.9 Å². The van der Waals surface area contributed by atoms with Crippen LogP contribution in [0.5, 0.6) is 0 Å². The lowest BCUT2D eigenvalue weighted by molar-refractivity contribution is -0.0517. The van der Waals surface area contributed by atoms with Crippen molar-refractivity contribution in [1.82, 2.24) is 0 Å². The summed E-state index contributed by atoms with van der Waals surface area (Å²) in [5, 5.41) is 13.3. The van der Waals surface area contributed by atoms with Gasteiger partial charge in [-0.1, -0.05) is 5.23 Å². The maximum absolute atomic E-state index is 10.7. The summed E-state index contributed by atoms with van der Waals surface area (Å²) in [6.07, 6.45) is 0.298. The molecule has 108 valence electrons. The molecule has 1 rings (SSSR count). The van der Waals surface area contributed by atoms with E-state index in [2.05, 4.69) is 5.21 Å². The Morgan fingerprint density at radius 3 is 2.32 bits per heavy atom. The van der Waals surface area contributed by atoms with E-state index in [1.165, 1.54) is 0 Å². The lowest BCUT2D eigenvalue weighted by Crippen LogP contribution is -2.21. The van der Waals surface area contributed by atoms with Crippen LogP contribution in [0, 0.1) is 6.40 Å². The summed E-state index contributed by atoms with van der Waals surface area (Å²) >= 11 is 0. The maximum atomic E-state index is 10.7. The minimum Gasteiger partial charge on any atom is -0.741 e. The Kier molecular flexibility index (Phi) is 4.85. The molecule has 0 aromatic heterocycles. The number of nitrogens with zero attached hydrogens (tertiary/aromatic N) is 1. The fraction of sp³-hybridized carbons (Fsp3) is 0.222. The summed E-state index contributed by atoms with van der Waals surface area (Å²) in [6, 6.07) is 6.65. The van der Waals surface area contributed by atoms with Gasteiger partial charge in [-0.25, -0.2) is 8.42 Å². The molecule has 2 N–H and O–H groups in total. The van der Waals surface area contributed by atoms with E-state index in [9.17, 15) is 13.2 Å². The van der Waals surface area contributed by atoms with Crippen molar-refractivity contribution in [1.29, 1.82) is 0 Å². The van der Waals surface area contributed by atoms with E-state index < -0.39 is 15.6 Å². The highest BCUT2D eigenvalue weighted by Gasteiger charge is 2.36. The standard InChI is InChI=1S/C8H10NO2.CHF3O3S/c1-2-7-5-3-4-6-8(7)9(10)11;2-1(3,4)8(5,6)7/h2-6,10-11H,1H3;(H,5,6,7)/q+1;/p-1/i2D,10D;. The first-order chi connectivity index (χ1) is 9.41. The second kappa shape index (κ2) is 6.61. The van der Waals surface area contributed by atoms with Crippen molar-refractivity contribution < 1.29 is 39.4 Å². The number of hydrogen-bond acceptors (Lipinski definition) is 6. The molecule has 0 amide bonds. The van der Waals surface area contributed by atoms with E-state index in [1.54, 1.807) is 31.2 Å². The van der Waals surface area contributed by atoms with Gasteiger partial charge in [0.1, 0.15) is 1.37 Å². The Bertz CT molecular complexity index is 553. The van der Waals surface area contributed by atoms with E-state index in [0.29, 0.717) is 17.2 Å². The van der Waals surface area contributed by atoms with Crippen molar-refractivity contribution in [3.63, 3.8) is 0 Å². The van der Waals surface area contributed by atoms with E-state index in [1.807, 2.05) is 0 Å². The van der Waals surface area contributed by atoms with Crippen molar-refractivity contribution in [2.75, 3.05) is 5.23 Å². The highest BCUT2D eigenvalue weighted by molar-refractivity contribution is 7.86. The summed E-state index contributed by atoms with van der Waals surface area (Å²) < 4.78 is 72.8. The Balaban J connectivity index is 0.000000433. The summed E-state index contributed by atoms with van der Waals surface area (Å²) in [5.74, 6) is 0. The van der Waals surface area contributed by atoms with Crippen LogP contribution in [0.1, 0.15) is 13.9 Å². The van der Waals surface area contributed by atoms with Crippen molar-refractivity contribution in [3.8, 4) is 0 Å². The first-order valence-corrected chi connectivity index (χ1v) is 5.86. The molecule has 1 aromatic carbocycles. The highest BCUT2D eigenvalue weighted by atomic mass is 32.2. The molecule has 0 aliphatic heterocycles. The average molecular weight is 303 g/mol. The van der Waals surface area contributed by atoms with Gasteiger partial charge < -0.3 is 4.55 Å². The number of halogens is 3. The smallest absolute Gasteiger partial charge is 0.485 e. The van der Waals surface area contributed by atoms with Crippen LogP contribution in [0.25, 0.3) is 0 Å². The molecule has 0 fully saturated rings. The zero-order chi connectivity index (χ0) is 16.8. The van der Waals surface area contributed by atoms with Crippen LogP contribution in [0.15, 0.2) is 24.3 Å². The molecule has 6 nitrogen and oxygen atoms in total. The van der Waals surface area contributed by atoms with Gasteiger partial charge in [-0.3, -0.25) is 10.4 Å². The van der Waals surface area contributed by atoms with Gasteiger partial charge in [0.2, 0.25) is 5.69 Å². The van der Waals surface area contributed by atoms with Crippen molar-refractivity contribution in [2.45, 2.75) is 12.4 Å². The zero-order valence-corrected chi connectivity index (χ0v) is 10.2. The summed E-state index contributed by atoms with van der Waals surface area (Å²) in [7, 11) is -6.09. The van der Waals surface area contributed by atoms with Crippen LogP contribution in [-0.2, 0) is 10.1 Å². The van der Waals surface area contributed by atoms with Gasteiger partial charge in [-0.15, -0.1) is 0 Å². The third kappa shape index (κ3) is 5.79. The highest BCUT2D eigenvalue weighted by Crippen LogP contribution is 2.20. The fourth-order valence-corrected chi connectivity index (χ4v) is 0.852. The first-order valence-electron chi connectivity index (χ1n) is 5.36. The molecule has 0 bridgehead atoms. The summed E-state index contributed by atoms with van der Waals surface area (Å²) in [5.41, 5.74) is -4.84. The Hall–Kier alpha value is -1.49. The number of rotatable bonds is 3. The predicted molar refractivity (Wildman–Crippen MR) is 57.3 cm³/mol. The number of hydrogen-bond donors (Lipinski definition) is 2. The van der Waals surface area contributed by atoms with Crippen molar-refractivity contribution in [3.05, 3.63) is 36.2 Å². The molecule has 0 saturated heterocycles. The fourth-order valence-electron chi connectivity index (χ4n) is 0.852. The molecule has 0 spiro atoms. The van der Waals surface area contributed by atoms with Gasteiger partial charge in [0.05, 0.1) is 0 Å². The number of benzene rings is 1. The number of alkyl halides is 3. The molecule has 0 aliphatic rings. The monoisotopic (exact) mass is 303 g/mol. The molecule has 0 unspecified atom stereocenters. The Morgan fingerprint density at radius 2 is 1.95 bits per heavy atom. The SMILES string of the molecule is O=S(=O)([O-])C(F)(F)F.[2H]ON(O)c1ccccc1[C+]([2H])C. The van der Waals surface area contributed by atoms with Crippen LogP contribution >= 0.6 is 0 Å². The van der Waals surface area contributed by atoms with Gasteiger partial charge in [0.15, 0.2) is 15.7 Å².